The van der Waals surface area contributed by atoms with Crippen LogP contribution in [-0.2, 0) is 13.0 Å². The van der Waals surface area contributed by atoms with Crippen LogP contribution in [-0.4, -0.2) is 14.5 Å². The van der Waals surface area contributed by atoms with Crippen molar-refractivity contribution < 1.29 is 0 Å². The van der Waals surface area contributed by atoms with E-state index in [9.17, 15) is 9.59 Å². The van der Waals surface area contributed by atoms with Crippen molar-refractivity contribution in [2.24, 2.45) is 0 Å². The summed E-state index contributed by atoms with van der Waals surface area (Å²) in [6.45, 7) is 0.408. The van der Waals surface area contributed by atoms with E-state index in [0.717, 1.165) is 5.69 Å². The van der Waals surface area contributed by atoms with Crippen molar-refractivity contribution in [3.63, 3.8) is 0 Å². The van der Waals surface area contributed by atoms with Gasteiger partial charge in [0.05, 0.1) is 11.2 Å². The topological polar surface area (TPSA) is 93.8 Å². The maximum atomic E-state index is 11.4. The second kappa shape index (κ2) is 4.31. The van der Waals surface area contributed by atoms with Gasteiger partial charge in [0.15, 0.2) is 0 Å². The molecule has 0 unspecified atom stereocenters. The fourth-order valence-corrected chi connectivity index (χ4v) is 1.95. The highest BCUT2D eigenvalue weighted by atomic mass is 32.1. The van der Waals surface area contributed by atoms with Crippen LogP contribution in [0.15, 0.2) is 26.5 Å². The van der Waals surface area contributed by atoms with Crippen molar-refractivity contribution in [2.45, 2.75) is 13.0 Å². The molecular formula is C9H10N4O2S. The Morgan fingerprint density at radius 3 is 2.94 bits per heavy atom. The Balaban J connectivity index is 2.22. The number of nitrogens with one attached hydrogen (secondary N) is 1. The molecule has 7 heteroatoms. The number of hydrogen-bond donors (Lipinski definition) is 2. The number of aromatic nitrogens is 3. The maximum Gasteiger partial charge on any atom is 0.329 e. The van der Waals surface area contributed by atoms with E-state index in [-0.39, 0.29) is 5.82 Å². The summed E-state index contributed by atoms with van der Waals surface area (Å²) in [4.78, 5) is 28.6. The van der Waals surface area contributed by atoms with E-state index < -0.39 is 11.2 Å². The monoisotopic (exact) mass is 238 g/mol. The molecule has 0 amide bonds. The molecule has 6 nitrogen and oxygen atoms in total. The van der Waals surface area contributed by atoms with Crippen LogP contribution in [0.1, 0.15) is 5.69 Å². The van der Waals surface area contributed by atoms with E-state index in [2.05, 4.69) is 9.97 Å². The minimum Gasteiger partial charge on any atom is -0.385 e. The molecule has 2 aromatic heterocycles. The molecule has 0 atom stereocenters. The number of thiazole rings is 1. The highest BCUT2D eigenvalue weighted by Gasteiger charge is 2.03. The van der Waals surface area contributed by atoms with Gasteiger partial charge in [0, 0.05) is 24.4 Å². The van der Waals surface area contributed by atoms with E-state index in [1.807, 2.05) is 5.38 Å². The zero-order valence-corrected chi connectivity index (χ0v) is 9.16. The normalized spacial score (nSPS) is 10.5. The molecule has 0 saturated heterocycles. The SMILES string of the molecule is Nc1cc(=O)[nH]c(=O)n1CCc1cscn1. The third-order valence-electron chi connectivity index (χ3n) is 2.14. The summed E-state index contributed by atoms with van der Waals surface area (Å²) in [5.41, 5.74) is 7.26. The van der Waals surface area contributed by atoms with E-state index in [4.69, 9.17) is 5.73 Å². The highest BCUT2D eigenvalue weighted by molar-refractivity contribution is 7.07. The summed E-state index contributed by atoms with van der Waals surface area (Å²) in [5.74, 6) is 0.170. The molecule has 0 aliphatic rings. The lowest BCUT2D eigenvalue weighted by atomic mass is 10.3. The number of nitrogens with two attached hydrogens (primary N) is 1. The lowest BCUT2D eigenvalue weighted by Crippen LogP contribution is -2.31. The Hall–Kier alpha value is -1.89. The number of hydrogen-bond acceptors (Lipinski definition) is 5. The zero-order valence-electron chi connectivity index (χ0n) is 8.34. The standard InChI is InChI=1S/C9H10N4O2S/c10-7-3-8(14)12-9(15)13(7)2-1-6-4-16-5-11-6/h3-5H,1-2,10H2,(H,12,14,15). The summed E-state index contributed by atoms with van der Waals surface area (Å²) >= 11 is 1.50. The molecular weight excluding hydrogens is 228 g/mol. The van der Waals surface area contributed by atoms with Gasteiger partial charge >= 0.3 is 5.69 Å². The molecule has 3 N–H and O–H groups in total. The first kappa shape index (κ1) is 10.6. The third-order valence-corrected chi connectivity index (χ3v) is 2.78. The minimum atomic E-state index is -0.486. The first-order valence-electron chi connectivity index (χ1n) is 4.63. The summed E-state index contributed by atoms with van der Waals surface area (Å²) in [6.07, 6.45) is 0.611. The molecule has 16 heavy (non-hydrogen) atoms. The molecule has 0 saturated carbocycles. The Morgan fingerprint density at radius 2 is 2.31 bits per heavy atom. The van der Waals surface area contributed by atoms with Crippen molar-refractivity contribution in [3.8, 4) is 0 Å². The Labute approximate surface area is 94.4 Å². The number of nitrogen functional groups attached to an aromatic ring is 1. The fourth-order valence-electron chi connectivity index (χ4n) is 1.36. The smallest absolute Gasteiger partial charge is 0.329 e. The quantitative estimate of drug-likeness (QED) is 0.775. The summed E-state index contributed by atoms with van der Waals surface area (Å²) in [7, 11) is 0. The molecule has 2 rings (SSSR count). The van der Waals surface area contributed by atoms with Crippen molar-refractivity contribution in [2.75, 3.05) is 5.73 Å². The van der Waals surface area contributed by atoms with Gasteiger partial charge in [-0.3, -0.25) is 14.3 Å². The Kier molecular flexibility index (Phi) is 2.86. The van der Waals surface area contributed by atoms with Crippen LogP contribution >= 0.6 is 11.3 Å². The summed E-state index contributed by atoms with van der Waals surface area (Å²) in [6, 6.07) is 1.20. The van der Waals surface area contributed by atoms with Gasteiger partial charge in [0.25, 0.3) is 5.56 Å². The summed E-state index contributed by atoms with van der Waals surface area (Å²) < 4.78 is 1.32. The molecule has 0 radical (unpaired) electrons. The number of H-pyrrole nitrogens is 1. The Bertz CT molecular complexity index is 584. The van der Waals surface area contributed by atoms with Crippen LogP contribution in [0.25, 0.3) is 0 Å². The predicted molar refractivity (Wildman–Crippen MR) is 61.6 cm³/mol. The van der Waals surface area contributed by atoms with Gasteiger partial charge in [-0.05, 0) is 0 Å². The molecule has 0 aliphatic heterocycles. The minimum absolute atomic E-state index is 0.170. The lowest BCUT2D eigenvalue weighted by Gasteiger charge is -2.06. The Morgan fingerprint density at radius 1 is 1.50 bits per heavy atom. The van der Waals surface area contributed by atoms with Gasteiger partial charge in [-0.2, -0.15) is 0 Å². The average Bonchev–Trinajstić information content (AvgIpc) is 2.68. The number of aromatic amines is 1. The van der Waals surface area contributed by atoms with Crippen LogP contribution in [0.3, 0.4) is 0 Å². The molecule has 84 valence electrons. The summed E-state index contributed by atoms with van der Waals surface area (Å²) in [5, 5.41) is 1.91. The predicted octanol–water partition coefficient (Wildman–Crippen LogP) is -0.182. The molecule has 0 bridgehead atoms. The zero-order chi connectivity index (χ0) is 11.5. The highest BCUT2D eigenvalue weighted by Crippen LogP contribution is 2.03. The van der Waals surface area contributed by atoms with Gasteiger partial charge in [-0.15, -0.1) is 11.3 Å². The largest absolute Gasteiger partial charge is 0.385 e. The number of rotatable bonds is 3. The van der Waals surface area contributed by atoms with Gasteiger partial charge in [0.2, 0.25) is 0 Å². The van der Waals surface area contributed by atoms with Gasteiger partial charge in [0.1, 0.15) is 5.82 Å². The van der Waals surface area contributed by atoms with Crippen LogP contribution in [0, 0.1) is 0 Å². The van der Waals surface area contributed by atoms with Gasteiger partial charge < -0.3 is 5.73 Å². The van der Waals surface area contributed by atoms with E-state index >= 15 is 0 Å². The van der Waals surface area contributed by atoms with Crippen molar-refractivity contribution in [3.05, 3.63) is 43.5 Å². The first-order valence-corrected chi connectivity index (χ1v) is 5.58. The molecule has 2 heterocycles. The van der Waals surface area contributed by atoms with Gasteiger partial charge in [-0.1, -0.05) is 0 Å². The van der Waals surface area contributed by atoms with E-state index in [1.165, 1.54) is 22.0 Å². The van der Waals surface area contributed by atoms with Crippen molar-refractivity contribution >= 4 is 17.2 Å². The number of nitrogens with zero attached hydrogens (tertiary/aromatic N) is 2. The third kappa shape index (κ3) is 2.19. The molecule has 0 spiro atoms. The second-order valence-electron chi connectivity index (χ2n) is 3.25. The van der Waals surface area contributed by atoms with Gasteiger partial charge in [-0.25, -0.2) is 9.78 Å². The molecule has 0 aliphatic carbocycles. The van der Waals surface area contributed by atoms with Crippen molar-refractivity contribution in [1.29, 1.82) is 0 Å². The lowest BCUT2D eigenvalue weighted by molar-refractivity contribution is 0.649. The molecule has 0 aromatic carbocycles. The van der Waals surface area contributed by atoms with Crippen LogP contribution in [0.4, 0.5) is 5.82 Å². The molecule has 0 fully saturated rings. The van der Waals surface area contributed by atoms with E-state index in [0.29, 0.717) is 13.0 Å². The first-order chi connectivity index (χ1) is 7.66. The van der Waals surface area contributed by atoms with Crippen LogP contribution in [0.2, 0.25) is 0 Å². The maximum absolute atomic E-state index is 11.4. The molecule has 2 aromatic rings. The number of aryl methyl sites for hydroxylation is 1. The number of anilines is 1. The van der Waals surface area contributed by atoms with Crippen LogP contribution in [0.5, 0.6) is 0 Å². The van der Waals surface area contributed by atoms with Crippen LogP contribution < -0.4 is 17.0 Å². The second-order valence-corrected chi connectivity index (χ2v) is 3.96. The van der Waals surface area contributed by atoms with E-state index in [1.54, 1.807) is 5.51 Å². The average molecular weight is 238 g/mol. The van der Waals surface area contributed by atoms with Crippen molar-refractivity contribution in [1.82, 2.24) is 14.5 Å². The fraction of sp³-hybridized carbons (Fsp3) is 0.222.